The second-order valence-corrected chi connectivity index (χ2v) is 4.85. The van der Waals surface area contributed by atoms with Gasteiger partial charge >= 0.3 is 0 Å². The first-order valence-corrected chi connectivity index (χ1v) is 6.47. The maximum absolute atomic E-state index is 11.0. The van der Waals surface area contributed by atoms with Gasteiger partial charge in [-0.2, -0.15) is 0 Å². The van der Waals surface area contributed by atoms with Crippen molar-refractivity contribution in [1.29, 1.82) is 0 Å². The van der Waals surface area contributed by atoms with Gasteiger partial charge in [0.2, 0.25) is 0 Å². The lowest BCUT2D eigenvalue weighted by Crippen LogP contribution is -2.08. The maximum atomic E-state index is 11.0. The Labute approximate surface area is 116 Å². The van der Waals surface area contributed by atoms with Crippen molar-refractivity contribution in [2.24, 2.45) is 0 Å². The monoisotopic (exact) mass is 270 g/mol. The molecule has 0 fully saturated rings. The summed E-state index contributed by atoms with van der Waals surface area (Å²) in [6, 6.07) is 12.0. The number of phenols is 1. The van der Waals surface area contributed by atoms with Gasteiger partial charge in [0.05, 0.1) is 11.0 Å². The van der Waals surface area contributed by atoms with E-state index in [2.05, 4.69) is 5.32 Å². The number of rotatable bonds is 3. The van der Waals surface area contributed by atoms with E-state index in [4.69, 9.17) is 0 Å². The van der Waals surface area contributed by atoms with Crippen LogP contribution in [0.1, 0.15) is 23.6 Å². The quantitative estimate of drug-likeness (QED) is 0.662. The maximum Gasteiger partial charge on any atom is 0.292 e. The van der Waals surface area contributed by atoms with Crippen LogP contribution < -0.4 is 5.32 Å². The van der Waals surface area contributed by atoms with Crippen molar-refractivity contribution < 1.29 is 10.0 Å². The summed E-state index contributed by atoms with van der Waals surface area (Å²) in [4.78, 5) is 10.6. The molecule has 1 aliphatic carbocycles. The van der Waals surface area contributed by atoms with Gasteiger partial charge in [-0.3, -0.25) is 10.1 Å². The smallest absolute Gasteiger partial charge is 0.292 e. The van der Waals surface area contributed by atoms with Crippen LogP contribution in [0.15, 0.2) is 42.5 Å². The second-order valence-electron chi connectivity index (χ2n) is 4.85. The Bertz CT molecular complexity index is 670. The zero-order chi connectivity index (χ0) is 14.1. The lowest BCUT2D eigenvalue weighted by Gasteiger charge is -2.15. The van der Waals surface area contributed by atoms with E-state index < -0.39 is 0 Å². The predicted octanol–water partition coefficient (Wildman–Crippen LogP) is 3.40. The van der Waals surface area contributed by atoms with Gasteiger partial charge in [0, 0.05) is 6.07 Å². The van der Waals surface area contributed by atoms with Crippen LogP contribution in [0.5, 0.6) is 5.75 Å². The Morgan fingerprint density at radius 3 is 2.80 bits per heavy atom. The minimum atomic E-state index is -0.388. The minimum Gasteiger partial charge on any atom is -0.508 e. The molecule has 102 valence electrons. The van der Waals surface area contributed by atoms with Crippen LogP contribution in [-0.2, 0) is 6.42 Å². The normalized spacial score (nSPS) is 16.7. The van der Waals surface area contributed by atoms with Crippen LogP contribution in [0.3, 0.4) is 0 Å². The predicted molar refractivity (Wildman–Crippen MR) is 75.9 cm³/mol. The summed E-state index contributed by atoms with van der Waals surface area (Å²) >= 11 is 0. The van der Waals surface area contributed by atoms with Gasteiger partial charge in [0.1, 0.15) is 11.4 Å². The van der Waals surface area contributed by atoms with Crippen LogP contribution in [0.25, 0.3) is 0 Å². The van der Waals surface area contributed by atoms with Crippen LogP contribution in [-0.4, -0.2) is 10.0 Å². The van der Waals surface area contributed by atoms with E-state index in [1.807, 2.05) is 6.07 Å². The van der Waals surface area contributed by atoms with Gasteiger partial charge in [-0.05, 0) is 36.1 Å². The number of nitrogens with zero attached hydrogens (tertiary/aromatic N) is 1. The number of para-hydroxylation sites is 2. The number of nitro groups is 1. The Morgan fingerprint density at radius 2 is 2.00 bits per heavy atom. The number of aromatic hydroxyl groups is 1. The molecule has 1 unspecified atom stereocenters. The lowest BCUT2D eigenvalue weighted by atomic mass is 10.1. The van der Waals surface area contributed by atoms with Crippen LogP contribution in [0.4, 0.5) is 11.4 Å². The number of hydrogen-bond acceptors (Lipinski definition) is 4. The Kier molecular flexibility index (Phi) is 3.02. The number of nitrogens with one attached hydrogen (secondary N) is 1. The molecule has 2 N–H and O–H groups in total. The average Bonchev–Trinajstić information content (AvgIpc) is 2.84. The fraction of sp³-hybridized carbons (Fsp3) is 0.200. The van der Waals surface area contributed by atoms with Gasteiger partial charge in [0.15, 0.2) is 0 Å². The zero-order valence-corrected chi connectivity index (χ0v) is 10.7. The summed E-state index contributed by atoms with van der Waals surface area (Å²) in [6.45, 7) is 0. The first-order chi connectivity index (χ1) is 9.66. The van der Waals surface area contributed by atoms with Crippen molar-refractivity contribution in [2.75, 3.05) is 5.32 Å². The molecule has 0 bridgehead atoms. The molecule has 1 atom stereocenters. The van der Waals surface area contributed by atoms with Gasteiger partial charge < -0.3 is 10.4 Å². The first-order valence-electron chi connectivity index (χ1n) is 6.47. The van der Waals surface area contributed by atoms with Crippen molar-refractivity contribution in [1.82, 2.24) is 0 Å². The molecule has 0 radical (unpaired) electrons. The fourth-order valence-corrected chi connectivity index (χ4v) is 2.73. The van der Waals surface area contributed by atoms with Crippen LogP contribution >= 0.6 is 0 Å². The lowest BCUT2D eigenvalue weighted by molar-refractivity contribution is -0.384. The molecule has 0 heterocycles. The number of nitro benzene ring substituents is 1. The van der Waals surface area contributed by atoms with Crippen molar-refractivity contribution in [3.8, 4) is 5.75 Å². The van der Waals surface area contributed by atoms with E-state index in [-0.39, 0.29) is 16.7 Å². The van der Waals surface area contributed by atoms with Crippen molar-refractivity contribution >= 4 is 11.4 Å². The second kappa shape index (κ2) is 4.85. The molecule has 5 heteroatoms. The summed E-state index contributed by atoms with van der Waals surface area (Å²) < 4.78 is 0. The van der Waals surface area contributed by atoms with Crippen molar-refractivity contribution in [2.45, 2.75) is 18.9 Å². The van der Waals surface area contributed by atoms with E-state index in [0.717, 1.165) is 24.0 Å². The molecular formula is C15H14N2O3. The van der Waals surface area contributed by atoms with E-state index in [1.54, 1.807) is 30.3 Å². The third-order valence-electron chi connectivity index (χ3n) is 3.68. The molecule has 5 nitrogen and oxygen atoms in total. The number of benzene rings is 2. The van der Waals surface area contributed by atoms with E-state index in [0.29, 0.717) is 11.4 Å². The molecule has 0 aromatic heterocycles. The summed E-state index contributed by atoms with van der Waals surface area (Å²) in [5, 5.41) is 24.1. The molecular weight excluding hydrogens is 256 g/mol. The van der Waals surface area contributed by atoms with Gasteiger partial charge in [-0.1, -0.05) is 24.3 Å². The fourth-order valence-electron chi connectivity index (χ4n) is 2.73. The molecule has 0 saturated heterocycles. The number of hydrogen-bond donors (Lipinski definition) is 2. The molecule has 0 spiro atoms. The number of phenolic OH excluding ortho intramolecular Hbond substituents is 1. The molecule has 0 saturated carbocycles. The summed E-state index contributed by atoms with van der Waals surface area (Å²) in [5.74, 6) is 0.300. The molecule has 0 aliphatic heterocycles. The average molecular weight is 270 g/mol. The van der Waals surface area contributed by atoms with Crippen molar-refractivity contribution in [3.63, 3.8) is 0 Å². The SMILES string of the molecule is O=[N+]([O-])c1ccccc1NC1CCc2c(O)cccc21. The highest BCUT2D eigenvalue weighted by atomic mass is 16.6. The zero-order valence-electron chi connectivity index (χ0n) is 10.7. The molecule has 2 aromatic rings. The largest absolute Gasteiger partial charge is 0.508 e. The van der Waals surface area contributed by atoms with Crippen LogP contribution in [0.2, 0.25) is 0 Å². The third kappa shape index (κ3) is 2.07. The highest BCUT2D eigenvalue weighted by Gasteiger charge is 2.26. The van der Waals surface area contributed by atoms with E-state index in [9.17, 15) is 15.2 Å². The molecule has 1 aliphatic rings. The number of fused-ring (bicyclic) bond motifs is 1. The Balaban J connectivity index is 1.92. The molecule has 20 heavy (non-hydrogen) atoms. The Morgan fingerprint density at radius 1 is 1.20 bits per heavy atom. The van der Waals surface area contributed by atoms with Gasteiger partial charge in [0.25, 0.3) is 5.69 Å². The number of anilines is 1. The van der Waals surface area contributed by atoms with E-state index >= 15 is 0 Å². The van der Waals surface area contributed by atoms with Crippen molar-refractivity contribution in [3.05, 3.63) is 63.7 Å². The summed E-state index contributed by atoms with van der Waals surface area (Å²) in [6.07, 6.45) is 1.60. The topological polar surface area (TPSA) is 75.4 Å². The first kappa shape index (κ1) is 12.5. The third-order valence-corrected chi connectivity index (χ3v) is 3.68. The molecule has 0 amide bonds. The highest BCUT2D eigenvalue weighted by molar-refractivity contribution is 5.63. The standard InChI is InChI=1S/C15H14N2O3/c18-15-7-3-4-10-11(15)8-9-12(10)16-13-5-1-2-6-14(13)17(19)20/h1-7,12,16,18H,8-9H2. The molecule has 3 rings (SSSR count). The minimum absolute atomic E-state index is 0.00167. The summed E-state index contributed by atoms with van der Waals surface area (Å²) in [7, 11) is 0. The molecule has 2 aromatic carbocycles. The van der Waals surface area contributed by atoms with E-state index in [1.165, 1.54) is 6.07 Å². The summed E-state index contributed by atoms with van der Waals surface area (Å²) in [5.41, 5.74) is 2.53. The van der Waals surface area contributed by atoms with Crippen LogP contribution in [0, 0.1) is 10.1 Å². The highest BCUT2D eigenvalue weighted by Crippen LogP contribution is 2.39. The Hall–Kier alpha value is -2.56. The van der Waals surface area contributed by atoms with Gasteiger partial charge in [-0.15, -0.1) is 0 Å². The van der Waals surface area contributed by atoms with Gasteiger partial charge in [-0.25, -0.2) is 0 Å².